The van der Waals surface area contributed by atoms with E-state index in [0.717, 1.165) is 40.4 Å². The molecule has 0 unspecified atom stereocenters. The van der Waals surface area contributed by atoms with Crippen LogP contribution in [0.25, 0.3) is 6.08 Å². The molecule has 3 aromatic rings. The molecular weight excluding hydrogens is 501 g/mol. The highest BCUT2D eigenvalue weighted by Gasteiger charge is 2.35. The van der Waals surface area contributed by atoms with Crippen LogP contribution >= 0.6 is 23.4 Å². The van der Waals surface area contributed by atoms with Crippen LogP contribution in [0.3, 0.4) is 0 Å². The Hall–Kier alpha value is -3.56. The molecule has 178 valence electrons. The predicted molar refractivity (Wildman–Crippen MR) is 129 cm³/mol. The standard InChI is InChI=1S/C25H16ClF3N2O3S/c26-19-11-10-18(25(27,28)29)13-20(19)30-22(32)17-8-6-16(7-9-17)14-31-23(33)21(35-24(31)34)12-15-4-2-1-3-5-15/h1-13H,14H2,(H,30,32)/b21-12-. The van der Waals surface area contributed by atoms with Gasteiger partial charge in [0.1, 0.15) is 0 Å². The first kappa shape index (κ1) is 24.6. The van der Waals surface area contributed by atoms with Crippen LogP contribution < -0.4 is 5.32 Å². The lowest BCUT2D eigenvalue weighted by atomic mass is 10.1. The predicted octanol–water partition coefficient (Wildman–Crippen LogP) is 6.85. The van der Waals surface area contributed by atoms with E-state index < -0.39 is 28.8 Å². The molecule has 10 heteroatoms. The summed E-state index contributed by atoms with van der Waals surface area (Å²) in [6, 6.07) is 17.8. The van der Waals surface area contributed by atoms with Gasteiger partial charge in [0.15, 0.2) is 0 Å². The maximum absolute atomic E-state index is 12.9. The molecule has 35 heavy (non-hydrogen) atoms. The van der Waals surface area contributed by atoms with Crippen molar-refractivity contribution in [1.29, 1.82) is 0 Å². The first-order valence-electron chi connectivity index (χ1n) is 10.2. The van der Waals surface area contributed by atoms with E-state index in [4.69, 9.17) is 11.6 Å². The molecule has 3 amide bonds. The molecule has 3 aromatic carbocycles. The van der Waals surface area contributed by atoms with Crippen LogP contribution in [0.1, 0.15) is 27.0 Å². The van der Waals surface area contributed by atoms with Gasteiger partial charge in [0, 0.05) is 5.56 Å². The van der Waals surface area contributed by atoms with Crippen LogP contribution in [-0.4, -0.2) is 22.0 Å². The minimum atomic E-state index is -4.58. The third-order valence-electron chi connectivity index (χ3n) is 5.07. The number of amides is 3. The average Bonchev–Trinajstić information content (AvgIpc) is 3.08. The summed E-state index contributed by atoms with van der Waals surface area (Å²) < 4.78 is 38.8. The molecule has 4 rings (SSSR count). The zero-order valence-corrected chi connectivity index (χ0v) is 19.4. The monoisotopic (exact) mass is 516 g/mol. The maximum Gasteiger partial charge on any atom is 0.416 e. The molecule has 0 bridgehead atoms. The fourth-order valence-electron chi connectivity index (χ4n) is 3.27. The molecule has 0 aromatic heterocycles. The van der Waals surface area contributed by atoms with Gasteiger partial charge >= 0.3 is 6.18 Å². The second-order valence-electron chi connectivity index (χ2n) is 7.52. The van der Waals surface area contributed by atoms with E-state index in [0.29, 0.717) is 10.5 Å². The van der Waals surface area contributed by atoms with Crippen molar-refractivity contribution in [3.63, 3.8) is 0 Å². The summed E-state index contributed by atoms with van der Waals surface area (Å²) in [5.74, 6) is -1.07. The van der Waals surface area contributed by atoms with Gasteiger partial charge in [0.2, 0.25) is 0 Å². The van der Waals surface area contributed by atoms with E-state index in [-0.39, 0.29) is 22.8 Å². The Labute approximate surface area is 207 Å². The van der Waals surface area contributed by atoms with Crippen molar-refractivity contribution >= 4 is 52.2 Å². The molecule has 0 radical (unpaired) electrons. The van der Waals surface area contributed by atoms with Gasteiger partial charge in [-0.15, -0.1) is 0 Å². The van der Waals surface area contributed by atoms with Crippen molar-refractivity contribution in [2.24, 2.45) is 0 Å². The normalized spacial score (nSPS) is 15.1. The number of rotatable bonds is 5. The van der Waals surface area contributed by atoms with E-state index in [1.165, 1.54) is 12.1 Å². The molecule has 1 aliphatic rings. The van der Waals surface area contributed by atoms with E-state index in [1.54, 1.807) is 18.2 Å². The number of carbonyl (C=O) groups excluding carboxylic acids is 3. The van der Waals surface area contributed by atoms with Gasteiger partial charge in [0.05, 0.1) is 27.7 Å². The van der Waals surface area contributed by atoms with Gasteiger partial charge < -0.3 is 5.32 Å². The highest BCUT2D eigenvalue weighted by molar-refractivity contribution is 8.18. The lowest BCUT2D eigenvalue weighted by molar-refractivity contribution is -0.137. The Bertz CT molecular complexity index is 1330. The number of alkyl halides is 3. The Balaban J connectivity index is 1.44. The number of carbonyl (C=O) groups is 3. The fraction of sp³-hybridized carbons (Fsp3) is 0.0800. The molecule has 1 saturated heterocycles. The van der Waals surface area contributed by atoms with Gasteiger partial charge in [0.25, 0.3) is 17.1 Å². The van der Waals surface area contributed by atoms with Crippen LogP contribution in [0, 0.1) is 0 Å². The third kappa shape index (κ3) is 5.75. The van der Waals surface area contributed by atoms with E-state index in [1.807, 2.05) is 30.3 Å². The Morgan fingerprint density at radius 1 is 1.00 bits per heavy atom. The molecule has 0 atom stereocenters. The van der Waals surface area contributed by atoms with E-state index in [2.05, 4.69) is 5.32 Å². The number of anilines is 1. The van der Waals surface area contributed by atoms with Crippen molar-refractivity contribution in [3.8, 4) is 0 Å². The van der Waals surface area contributed by atoms with Crippen molar-refractivity contribution in [3.05, 3.63) is 105 Å². The topological polar surface area (TPSA) is 66.5 Å². The zero-order valence-electron chi connectivity index (χ0n) is 17.8. The molecule has 1 aliphatic heterocycles. The Morgan fingerprint density at radius 3 is 2.34 bits per heavy atom. The van der Waals surface area contributed by atoms with Gasteiger partial charge in [-0.2, -0.15) is 13.2 Å². The number of imide groups is 1. The first-order valence-corrected chi connectivity index (χ1v) is 11.4. The summed E-state index contributed by atoms with van der Waals surface area (Å²) in [6.45, 7) is 0.0121. The molecule has 1 heterocycles. The summed E-state index contributed by atoms with van der Waals surface area (Å²) >= 11 is 6.78. The van der Waals surface area contributed by atoms with Gasteiger partial charge in [-0.3, -0.25) is 19.3 Å². The Morgan fingerprint density at radius 2 is 1.69 bits per heavy atom. The third-order valence-corrected chi connectivity index (χ3v) is 6.31. The zero-order chi connectivity index (χ0) is 25.2. The summed E-state index contributed by atoms with van der Waals surface area (Å²) in [7, 11) is 0. The molecule has 0 aliphatic carbocycles. The van der Waals surface area contributed by atoms with Gasteiger partial charge in [-0.1, -0.05) is 54.1 Å². The number of benzene rings is 3. The van der Waals surface area contributed by atoms with Crippen LogP contribution in [0.4, 0.5) is 23.7 Å². The van der Waals surface area contributed by atoms with E-state index >= 15 is 0 Å². The van der Waals surface area contributed by atoms with Gasteiger partial charge in [-0.05, 0) is 59.3 Å². The quantitative estimate of drug-likeness (QED) is 0.377. The largest absolute Gasteiger partial charge is 0.416 e. The van der Waals surface area contributed by atoms with Crippen molar-refractivity contribution in [2.75, 3.05) is 5.32 Å². The number of hydrogen-bond acceptors (Lipinski definition) is 4. The number of nitrogens with one attached hydrogen (secondary N) is 1. The Kier molecular flexibility index (Phi) is 7.00. The molecular formula is C25H16ClF3N2O3S. The van der Waals surface area contributed by atoms with Crippen molar-refractivity contribution in [1.82, 2.24) is 4.90 Å². The lowest BCUT2D eigenvalue weighted by Gasteiger charge is -2.13. The second kappa shape index (κ2) is 9.97. The van der Waals surface area contributed by atoms with Crippen LogP contribution in [-0.2, 0) is 17.5 Å². The number of thioether (sulfide) groups is 1. The molecule has 0 spiro atoms. The molecule has 1 fully saturated rings. The van der Waals surface area contributed by atoms with Gasteiger partial charge in [-0.25, -0.2) is 0 Å². The molecule has 1 N–H and O–H groups in total. The maximum atomic E-state index is 12.9. The first-order chi connectivity index (χ1) is 16.6. The SMILES string of the molecule is O=C(Nc1cc(C(F)(F)F)ccc1Cl)c1ccc(CN2C(=O)S/C(=C\c3ccccc3)C2=O)cc1. The summed E-state index contributed by atoms with van der Waals surface area (Å²) in [5.41, 5.74) is 0.459. The minimum Gasteiger partial charge on any atom is -0.321 e. The molecule has 5 nitrogen and oxygen atoms in total. The highest BCUT2D eigenvalue weighted by atomic mass is 35.5. The summed E-state index contributed by atoms with van der Waals surface area (Å²) in [5, 5.41) is 1.93. The fourth-order valence-corrected chi connectivity index (χ4v) is 4.28. The second-order valence-corrected chi connectivity index (χ2v) is 8.92. The smallest absolute Gasteiger partial charge is 0.321 e. The average molecular weight is 517 g/mol. The van der Waals surface area contributed by atoms with Crippen LogP contribution in [0.5, 0.6) is 0 Å². The van der Waals surface area contributed by atoms with Crippen molar-refractivity contribution in [2.45, 2.75) is 12.7 Å². The van der Waals surface area contributed by atoms with Crippen molar-refractivity contribution < 1.29 is 27.6 Å². The van der Waals surface area contributed by atoms with E-state index in [9.17, 15) is 27.6 Å². The number of halogens is 4. The van der Waals surface area contributed by atoms with Crippen LogP contribution in [0.2, 0.25) is 5.02 Å². The summed E-state index contributed by atoms with van der Waals surface area (Å²) in [6.07, 6.45) is -2.93. The lowest BCUT2D eigenvalue weighted by Crippen LogP contribution is -2.27. The highest BCUT2D eigenvalue weighted by Crippen LogP contribution is 2.35. The van der Waals surface area contributed by atoms with Crippen LogP contribution in [0.15, 0.2) is 77.7 Å². The minimum absolute atomic E-state index is 0.0121. The molecule has 0 saturated carbocycles. The summed E-state index contributed by atoms with van der Waals surface area (Å²) in [4.78, 5) is 39.0. The number of nitrogens with zero attached hydrogens (tertiary/aromatic N) is 1. The number of hydrogen-bond donors (Lipinski definition) is 1.